The molecule has 0 aromatic heterocycles. The lowest BCUT2D eigenvalue weighted by Gasteiger charge is -2.36. The number of nitrogens with zero attached hydrogens (tertiary/aromatic N) is 1. The summed E-state index contributed by atoms with van der Waals surface area (Å²) in [7, 11) is 2.06. The van der Waals surface area contributed by atoms with Crippen LogP contribution in [0, 0.1) is 5.92 Å². The minimum Gasteiger partial charge on any atom is -0.371 e. The highest BCUT2D eigenvalue weighted by Gasteiger charge is 2.23. The Morgan fingerprint density at radius 2 is 2.12 bits per heavy atom. The second-order valence-corrected chi connectivity index (χ2v) is 5.03. The summed E-state index contributed by atoms with van der Waals surface area (Å²) in [5, 5.41) is 3.41. The third kappa shape index (κ3) is 2.22. The lowest BCUT2D eigenvalue weighted by molar-refractivity contribution is 0.497. The largest absolute Gasteiger partial charge is 0.371 e. The van der Waals surface area contributed by atoms with Gasteiger partial charge in [-0.3, -0.25) is 0 Å². The second-order valence-electron chi connectivity index (χ2n) is 5.03. The predicted octanol–water partition coefficient (Wildman–Crippen LogP) is 2.81. The molecular weight excluding hydrogens is 196 g/mol. The first kappa shape index (κ1) is 11.5. The van der Waals surface area contributed by atoms with E-state index < -0.39 is 0 Å². The predicted molar refractivity (Wildman–Crippen MR) is 69.9 cm³/mol. The van der Waals surface area contributed by atoms with Crippen LogP contribution in [0.4, 0.5) is 5.69 Å². The van der Waals surface area contributed by atoms with Crippen molar-refractivity contribution in [3.8, 4) is 0 Å². The molecule has 1 aromatic carbocycles. The monoisotopic (exact) mass is 218 g/mol. The summed E-state index contributed by atoms with van der Waals surface area (Å²) >= 11 is 0. The Morgan fingerprint density at radius 3 is 2.81 bits per heavy atom. The van der Waals surface area contributed by atoms with Gasteiger partial charge >= 0.3 is 0 Å². The fraction of sp³-hybridized carbons (Fsp3) is 0.571. The molecule has 0 radical (unpaired) electrons. The molecule has 0 aliphatic carbocycles. The fourth-order valence-corrected chi connectivity index (χ4v) is 2.56. The summed E-state index contributed by atoms with van der Waals surface area (Å²) < 4.78 is 0. The first-order valence-electron chi connectivity index (χ1n) is 6.23. The normalized spacial score (nSPS) is 20.0. The molecule has 1 unspecified atom stereocenters. The number of nitrogens with one attached hydrogen (secondary N) is 1. The van der Waals surface area contributed by atoms with Gasteiger partial charge in [-0.1, -0.05) is 32.0 Å². The van der Waals surface area contributed by atoms with Crippen LogP contribution >= 0.6 is 0 Å². The van der Waals surface area contributed by atoms with Crippen molar-refractivity contribution in [3.05, 3.63) is 29.8 Å². The van der Waals surface area contributed by atoms with E-state index in [1.54, 1.807) is 0 Å². The minimum atomic E-state index is 0.527. The second kappa shape index (κ2) is 4.88. The summed E-state index contributed by atoms with van der Waals surface area (Å²) in [6, 6.07) is 9.32. The highest BCUT2D eigenvalue weighted by molar-refractivity contribution is 5.57. The molecule has 2 heteroatoms. The van der Waals surface area contributed by atoms with Gasteiger partial charge in [0, 0.05) is 24.8 Å². The summed E-state index contributed by atoms with van der Waals surface area (Å²) in [4.78, 5) is 2.52. The molecule has 1 N–H and O–H groups in total. The van der Waals surface area contributed by atoms with E-state index in [9.17, 15) is 0 Å². The van der Waals surface area contributed by atoms with Crippen LogP contribution in [-0.4, -0.2) is 20.1 Å². The molecule has 0 fully saturated rings. The third-order valence-corrected chi connectivity index (χ3v) is 3.27. The number of benzene rings is 1. The summed E-state index contributed by atoms with van der Waals surface area (Å²) in [6.07, 6.45) is 1.21. The van der Waals surface area contributed by atoms with Crippen molar-refractivity contribution in [2.75, 3.05) is 25.0 Å². The van der Waals surface area contributed by atoms with Crippen LogP contribution in [-0.2, 0) is 0 Å². The van der Waals surface area contributed by atoms with E-state index in [1.165, 1.54) is 24.2 Å². The van der Waals surface area contributed by atoms with Crippen LogP contribution in [0.1, 0.15) is 31.9 Å². The Hall–Kier alpha value is -1.02. The van der Waals surface area contributed by atoms with Gasteiger partial charge < -0.3 is 10.2 Å². The van der Waals surface area contributed by atoms with Crippen LogP contribution < -0.4 is 10.2 Å². The Balaban J connectivity index is 2.27. The number of hydrogen-bond acceptors (Lipinski definition) is 2. The molecule has 0 spiro atoms. The lowest BCUT2D eigenvalue weighted by atomic mass is 9.96. The van der Waals surface area contributed by atoms with Crippen molar-refractivity contribution in [2.45, 2.75) is 26.3 Å². The van der Waals surface area contributed by atoms with E-state index in [0.717, 1.165) is 12.5 Å². The maximum Gasteiger partial charge on any atom is 0.0414 e. The first-order chi connectivity index (χ1) is 7.72. The van der Waals surface area contributed by atoms with Gasteiger partial charge in [0.05, 0.1) is 0 Å². The molecule has 0 bridgehead atoms. The van der Waals surface area contributed by atoms with Crippen LogP contribution in [0.2, 0.25) is 0 Å². The molecule has 16 heavy (non-hydrogen) atoms. The molecule has 1 atom stereocenters. The van der Waals surface area contributed by atoms with Gasteiger partial charge in [0.15, 0.2) is 0 Å². The molecule has 1 aliphatic rings. The van der Waals surface area contributed by atoms with Gasteiger partial charge in [-0.2, -0.15) is 0 Å². The topological polar surface area (TPSA) is 15.3 Å². The van der Waals surface area contributed by atoms with E-state index in [1.807, 2.05) is 0 Å². The highest BCUT2D eigenvalue weighted by Crippen LogP contribution is 2.33. The Bertz CT molecular complexity index is 346. The summed E-state index contributed by atoms with van der Waals surface area (Å²) in [5.41, 5.74) is 2.87. The number of fused-ring (bicyclic) bond motifs is 1. The molecule has 0 saturated heterocycles. The van der Waals surface area contributed by atoms with Crippen molar-refractivity contribution in [1.29, 1.82) is 0 Å². The van der Waals surface area contributed by atoms with Crippen LogP contribution in [0.5, 0.6) is 0 Å². The van der Waals surface area contributed by atoms with Crippen molar-refractivity contribution in [3.63, 3.8) is 0 Å². The minimum absolute atomic E-state index is 0.527. The SMILES string of the molecule is CNC1CCN(CC(C)C)c2ccccc21. The van der Waals surface area contributed by atoms with E-state index >= 15 is 0 Å². The third-order valence-electron chi connectivity index (χ3n) is 3.27. The Morgan fingerprint density at radius 1 is 1.38 bits per heavy atom. The van der Waals surface area contributed by atoms with E-state index in [-0.39, 0.29) is 0 Å². The van der Waals surface area contributed by atoms with Crippen LogP contribution in [0.15, 0.2) is 24.3 Å². The standard InChI is InChI=1S/C14H22N2/c1-11(2)10-16-9-8-13(15-3)12-6-4-5-7-14(12)16/h4-7,11,13,15H,8-10H2,1-3H3. The average Bonchev–Trinajstić information content (AvgIpc) is 2.29. The van der Waals surface area contributed by atoms with E-state index in [4.69, 9.17) is 0 Å². The maximum absolute atomic E-state index is 3.41. The zero-order valence-electron chi connectivity index (χ0n) is 10.5. The van der Waals surface area contributed by atoms with Crippen LogP contribution in [0.25, 0.3) is 0 Å². The van der Waals surface area contributed by atoms with Crippen molar-refractivity contribution in [1.82, 2.24) is 5.32 Å². The molecule has 2 nitrogen and oxygen atoms in total. The van der Waals surface area contributed by atoms with Gasteiger partial charge in [0.2, 0.25) is 0 Å². The van der Waals surface area contributed by atoms with Gasteiger partial charge in [-0.25, -0.2) is 0 Å². The molecule has 2 rings (SSSR count). The zero-order chi connectivity index (χ0) is 11.5. The molecule has 1 heterocycles. The molecular formula is C14H22N2. The summed E-state index contributed by atoms with van der Waals surface area (Å²) in [5.74, 6) is 0.721. The van der Waals surface area contributed by atoms with Gasteiger partial charge in [0.25, 0.3) is 0 Å². The smallest absolute Gasteiger partial charge is 0.0414 e. The quantitative estimate of drug-likeness (QED) is 0.839. The number of para-hydroxylation sites is 1. The van der Waals surface area contributed by atoms with Crippen molar-refractivity contribution < 1.29 is 0 Å². The Kier molecular flexibility index (Phi) is 3.49. The first-order valence-corrected chi connectivity index (χ1v) is 6.23. The zero-order valence-corrected chi connectivity index (χ0v) is 10.5. The molecule has 1 aliphatic heterocycles. The summed E-state index contributed by atoms with van der Waals surface area (Å²) in [6.45, 7) is 6.90. The van der Waals surface area contributed by atoms with Crippen molar-refractivity contribution >= 4 is 5.69 Å². The van der Waals surface area contributed by atoms with E-state index in [2.05, 4.69) is 55.4 Å². The van der Waals surface area contributed by atoms with Gasteiger partial charge in [-0.15, -0.1) is 0 Å². The van der Waals surface area contributed by atoms with E-state index in [0.29, 0.717) is 6.04 Å². The lowest BCUT2D eigenvalue weighted by Crippen LogP contribution is -2.36. The van der Waals surface area contributed by atoms with Gasteiger partial charge in [0.1, 0.15) is 0 Å². The van der Waals surface area contributed by atoms with Crippen molar-refractivity contribution in [2.24, 2.45) is 5.92 Å². The number of anilines is 1. The Labute approximate surface area is 98.7 Å². The molecule has 1 aromatic rings. The molecule has 0 saturated carbocycles. The average molecular weight is 218 g/mol. The molecule has 88 valence electrons. The number of rotatable bonds is 3. The fourth-order valence-electron chi connectivity index (χ4n) is 2.56. The molecule has 0 amide bonds. The maximum atomic E-state index is 3.41. The van der Waals surface area contributed by atoms with Gasteiger partial charge in [-0.05, 0) is 31.0 Å². The highest BCUT2D eigenvalue weighted by atomic mass is 15.1. The van der Waals surface area contributed by atoms with Crippen LogP contribution in [0.3, 0.4) is 0 Å². The number of hydrogen-bond donors (Lipinski definition) is 1.